The van der Waals surface area contributed by atoms with Crippen molar-refractivity contribution in [3.63, 3.8) is 0 Å². The second-order valence-electron chi connectivity index (χ2n) is 6.78. The van der Waals surface area contributed by atoms with Gasteiger partial charge in [0.1, 0.15) is 25.4 Å². The van der Waals surface area contributed by atoms with E-state index < -0.39 is 5.91 Å². The van der Waals surface area contributed by atoms with Gasteiger partial charge in [-0.3, -0.25) is 10.0 Å². The van der Waals surface area contributed by atoms with Gasteiger partial charge in [-0.1, -0.05) is 12.1 Å². The Bertz CT molecular complexity index is 1090. The molecule has 0 fully saturated rings. The van der Waals surface area contributed by atoms with Gasteiger partial charge in [0.15, 0.2) is 11.5 Å². The number of hydrogen-bond donors (Lipinski definition) is 3. The SMILES string of the molecule is COCCOc1cc2ncnc(Nc3ccc(/C=C/C(=O)NO)cc3)c2cc1OCCOC. The molecule has 0 atom stereocenters. The van der Waals surface area contributed by atoms with E-state index in [-0.39, 0.29) is 0 Å². The summed E-state index contributed by atoms with van der Waals surface area (Å²) >= 11 is 0. The lowest BCUT2D eigenvalue weighted by Gasteiger charge is -2.15. The molecule has 0 spiro atoms. The minimum absolute atomic E-state index is 0.363. The van der Waals surface area contributed by atoms with E-state index in [9.17, 15) is 4.79 Å². The predicted molar refractivity (Wildman–Crippen MR) is 123 cm³/mol. The van der Waals surface area contributed by atoms with E-state index in [4.69, 9.17) is 24.2 Å². The van der Waals surface area contributed by atoms with Gasteiger partial charge in [0.25, 0.3) is 5.91 Å². The number of carbonyl (C=O) groups is 1. The number of amides is 1. The first-order valence-electron chi connectivity index (χ1n) is 10.2. The maximum atomic E-state index is 11.1. The molecule has 0 bridgehead atoms. The number of anilines is 2. The highest BCUT2D eigenvalue weighted by Gasteiger charge is 2.13. The first-order chi connectivity index (χ1) is 16.1. The highest BCUT2D eigenvalue weighted by Crippen LogP contribution is 2.35. The molecule has 10 heteroatoms. The largest absolute Gasteiger partial charge is 0.487 e. The van der Waals surface area contributed by atoms with Crippen molar-refractivity contribution in [2.75, 3.05) is 46.0 Å². The van der Waals surface area contributed by atoms with Crippen molar-refractivity contribution in [3.05, 3.63) is 54.4 Å². The maximum Gasteiger partial charge on any atom is 0.267 e. The number of aromatic nitrogens is 2. The van der Waals surface area contributed by atoms with Crippen LogP contribution in [0.5, 0.6) is 11.5 Å². The molecule has 1 amide bonds. The highest BCUT2D eigenvalue weighted by molar-refractivity contribution is 5.93. The quantitative estimate of drug-likeness (QED) is 0.164. The Hall–Kier alpha value is -3.73. The first kappa shape index (κ1) is 23.9. The molecule has 0 unspecified atom stereocenters. The number of nitrogens with one attached hydrogen (secondary N) is 2. The van der Waals surface area contributed by atoms with Crippen molar-refractivity contribution >= 4 is 34.4 Å². The van der Waals surface area contributed by atoms with Gasteiger partial charge >= 0.3 is 0 Å². The maximum absolute atomic E-state index is 11.1. The van der Waals surface area contributed by atoms with Crippen LogP contribution in [0.2, 0.25) is 0 Å². The third kappa shape index (κ3) is 6.88. The number of rotatable bonds is 12. The summed E-state index contributed by atoms with van der Waals surface area (Å²) < 4.78 is 21.8. The van der Waals surface area contributed by atoms with E-state index in [1.54, 1.807) is 31.8 Å². The van der Waals surface area contributed by atoms with Gasteiger partial charge in [0.05, 0.1) is 18.7 Å². The zero-order chi connectivity index (χ0) is 23.5. The summed E-state index contributed by atoms with van der Waals surface area (Å²) in [6.45, 7) is 1.62. The zero-order valence-electron chi connectivity index (χ0n) is 18.4. The molecule has 0 radical (unpaired) electrons. The van der Waals surface area contributed by atoms with Crippen LogP contribution in [0.15, 0.2) is 48.8 Å². The molecule has 0 saturated heterocycles. The summed E-state index contributed by atoms with van der Waals surface area (Å²) in [4.78, 5) is 19.9. The van der Waals surface area contributed by atoms with E-state index in [0.717, 1.165) is 16.6 Å². The zero-order valence-corrected chi connectivity index (χ0v) is 18.4. The lowest BCUT2D eigenvalue weighted by Crippen LogP contribution is -2.14. The van der Waals surface area contributed by atoms with Crippen LogP contribution in [-0.4, -0.2) is 61.7 Å². The Balaban J connectivity index is 1.85. The second kappa shape index (κ2) is 12.3. The first-order valence-corrected chi connectivity index (χ1v) is 10.2. The standard InChI is InChI=1S/C23H26N4O6/c1-30-9-11-32-20-13-18-19(14-21(20)33-12-10-31-2)24-15-25-23(18)26-17-6-3-16(4-7-17)5-8-22(28)27-29/h3-8,13-15,29H,9-12H2,1-2H3,(H,27,28)(H,24,25,26)/b8-5+. The van der Waals surface area contributed by atoms with Gasteiger partial charge in [-0.25, -0.2) is 15.4 Å². The smallest absolute Gasteiger partial charge is 0.267 e. The highest BCUT2D eigenvalue weighted by atomic mass is 16.5. The molecule has 1 heterocycles. The molecule has 174 valence electrons. The van der Waals surface area contributed by atoms with Crippen LogP contribution in [-0.2, 0) is 14.3 Å². The van der Waals surface area contributed by atoms with Gasteiger partial charge < -0.3 is 24.3 Å². The van der Waals surface area contributed by atoms with Crippen molar-refractivity contribution in [1.29, 1.82) is 0 Å². The molecule has 3 N–H and O–H groups in total. The Kier molecular flexibility index (Phi) is 8.95. The molecule has 3 aromatic rings. The van der Waals surface area contributed by atoms with Gasteiger partial charge in [-0.2, -0.15) is 0 Å². The van der Waals surface area contributed by atoms with E-state index in [2.05, 4.69) is 15.3 Å². The Morgan fingerprint density at radius 2 is 1.64 bits per heavy atom. The Morgan fingerprint density at radius 3 is 2.27 bits per heavy atom. The van der Waals surface area contributed by atoms with Crippen molar-refractivity contribution in [3.8, 4) is 11.5 Å². The van der Waals surface area contributed by atoms with E-state index in [1.165, 1.54) is 12.4 Å². The molecule has 1 aromatic heterocycles. The van der Waals surface area contributed by atoms with E-state index >= 15 is 0 Å². The van der Waals surface area contributed by atoms with Gasteiger partial charge in [0.2, 0.25) is 0 Å². The van der Waals surface area contributed by atoms with Crippen LogP contribution in [0.1, 0.15) is 5.56 Å². The minimum Gasteiger partial charge on any atom is -0.487 e. The monoisotopic (exact) mass is 454 g/mol. The lowest BCUT2D eigenvalue weighted by atomic mass is 10.1. The fourth-order valence-corrected chi connectivity index (χ4v) is 2.88. The normalized spacial score (nSPS) is 11.0. The molecule has 33 heavy (non-hydrogen) atoms. The number of nitrogens with zero attached hydrogens (tertiary/aromatic N) is 2. The van der Waals surface area contributed by atoms with Crippen molar-refractivity contribution in [1.82, 2.24) is 15.4 Å². The number of hydrogen-bond acceptors (Lipinski definition) is 9. The number of carbonyl (C=O) groups excluding carboxylic acids is 1. The van der Waals surface area contributed by atoms with Crippen LogP contribution < -0.4 is 20.3 Å². The molecule has 10 nitrogen and oxygen atoms in total. The fourth-order valence-electron chi connectivity index (χ4n) is 2.88. The fraction of sp³-hybridized carbons (Fsp3) is 0.261. The summed E-state index contributed by atoms with van der Waals surface area (Å²) in [6, 6.07) is 11.0. The number of fused-ring (bicyclic) bond motifs is 1. The van der Waals surface area contributed by atoms with Crippen LogP contribution in [0.4, 0.5) is 11.5 Å². The van der Waals surface area contributed by atoms with Crippen LogP contribution in [0, 0.1) is 0 Å². The average molecular weight is 454 g/mol. The van der Waals surface area contributed by atoms with Gasteiger partial charge in [-0.15, -0.1) is 0 Å². The molecule has 2 aromatic carbocycles. The number of methoxy groups -OCH3 is 2. The number of benzene rings is 2. The van der Waals surface area contributed by atoms with E-state index in [1.807, 2.05) is 30.3 Å². The summed E-state index contributed by atoms with van der Waals surface area (Å²) in [7, 11) is 3.22. The second-order valence-corrected chi connectivity index (χ2v) is 6.78. The van der Waals surface area contributed by atoms with Crippen LogP contribution in [0.3, 0.4) is 0 Å². The molecule has 3 rings (SSSR count). The minimum atomic E-state index is -0.598. The molecular formula is C23H26N4O6. The Labute approximate surface area is 191 Å². The number of hydroxylamine groups is 1. The van der Waals surface area contributed by atoms with Gasteiger partial charge in [0, 0.05) is 37.4 Å². The van der Waals surface area contributed by atoms with Crippen molar-refractivity contribution in [2.45, 2.75) is 0 Å². The average Bonchev–Trinajstić information content (AvgIpc) is 2.84. The lowest BCUT2D eigenvalue weighted by molar-refractivity contribution is -0.124. The summed E-state index contributed by atoms with van der Waals surface area (Å²) in [5.41, 5.74) is 3.83. The van der Waals surface area contributed by atoms with Gasteiger partial charge in [-0.05, 0) is 29.8 Å². The molecule has 0 aliphatic carbocycles. The summed E-state index contributed by atoms with van der Waals surface area (Å²) in [5.74, 6) is 1.11. The van der Waals surface area contributed by atoms with Crippen LogP contribution in [0.25, 0.3) is 17.0 Å². The van der Waals surface area contributed by atoms with Crippen molar-refractivity contribution in [2.24, 2.45) is 0 Å². The molecular weight excluding hydrogens is 428 g/mol. The van der Waals surface area contributed by atoms with E-state index in [0.29, 0.717) is 49.3 Å². The molecule has 0 saturated carbocycles. The Morgan fingerprint density at radius 1 is 0.970 bits per heavy atom. The third-order valence-electron chi connectivity index (χ3n) is 4.50. The summed E-state index contributed by atoms with van der Waals surface area (Å²) in [6.07, 6.45) is 4.29. The topological polar surface area (TPSA) is 124 Å². The van der Waals surface area contributed by atoms with Crippen LogP contribution >= 0.6 is 0 Å². The summed E-state index contributed by atoms with van der Waals surface area (Å²) in [5, 5.41) is 12.6. The number of ether oxygens (including phenoxy) is 4. The third-order valence-corrected chi connectivity index (χ3v) is 4.50. The molecule has 0 aliphatic heterocycles. The van der Waals surface area contributed by atoms with Crippen molar-refractivity contribution < 1.29 is 28.9 Å². The predicted octanol–water partition coefficient (Wildman–Crippen LogP) is 2.94. The molecule has 0 aliphatic rings.